The fourth-order valence-corrected chi connectivity index (χ4v) is 5.50. The van der Waals surface area contributed by atoms with Gasteiger partial charge in [-0.3, -0.25) is 9.29 Å². The van der Waals surface area contributed by atoms with E-state index in [2.05, 4.69) is 24.9 Å². The number of anilines is 1. The Hall–Kier alpha value is -4.28. The number of alkyl halides is 3. The molecule has 0 spiro atoms. The minimum Gasteiger partial charge on any atom is -0.494 e. The van der Waals surface area contributed by atoms with Crippen molar-refractivity contribution < 1.29 is 40.9 Å². The Morgan fingerprint density at radius 3 is 2.11 bits per heavy atom. The van der Waals surface area contributed by atoms with Crippen LogP contribution in [0.1, 0.15) is 36.9 Å². The van der Waals surface area contributed by atoms with Crippen molar-refractivity contribution >= 4 is 16.0 Å². The second-order valence-corrected chi connectivity index (χ2v) is 12.0. The summed E-state index contributed by atoms with van der Waals surface area (Å²) in [5.41, 5.74) is -2.66. The van der Waals surface area contributed by atoms with Crippen LogP contribution in [-0.4, -0.2) is 71.0 Å². The topological polar surface area (TPSA) is 151 Å². The second kappa shape index (κ2) is 12.4. The predicted octanol–water partition coefficient (Wildman–Crippen LogP) is 4.34. The summed E-state index contributed by atoms with van der Waals surface area (Å²) >= 11 is 0. The SMILES string of the molecule is COc1cccc(OC)c1-n1c(NS(=O)(=O)[C@@H](C)[C@H](OC)c2ncc(C)cn2)nnc1-c1cccc(C(C)(O)C(F)(F)F)c1. The van der Waals surface area contributed by atoms with E-state index >= 15 is 0 Å². The first kappa shape index (κ1) is 32.6. The molecule has 4 aromatic rings. The number of hydrogen-bond acceptors (Lipinski definition) is 10. The Kier molecular flexibility index (Phi) is 9.18. The molecule has 0 aliphatic rings. The van der Waals surface area contributed by atoms with E-state index in [1.807, 2.05) is 0 Å². The summed E-state index contributed by atoms with van der Waals surface area (Å²) in [5, 5.41) is 17.3. The van der Waals surface area contributed by atoms with Gasteiger partial charge in [-0.1, -0.05) is 24.3 Å². The van der Waals surface area contributed by atoms with Gasteiger partial charge in [-0.15, -0.1) is 10.2 Å². The quantitative estimate of drug-likeness (QED) is 0.243. The number of para-hydroxylation sites is 1. The first-order valence-corrected chi connectivity index (χ1v) is 14.6. The largest absolute Gasteiger partial charge is 0.494 e. The smallest absolute Gasteiger partial charge is 0.421 e. The van der Waals surface area contributed by atoms with E-state index in [4.69, 9.17) is 14.2 Å². The number of hydrogen-bond donors (Lipinski definition) is 2. The lowest BCUT2D eigenvalue weighted by Gasteiger charge is -2.27. The number of benzene rings is 2. The number of ether oxygens (including phenoxy) is 3. The number of nitrogens with zero attached hydrogens (tertiary/aromatic N) is 5. The van der Waals surface area contributed by atoms with Crippen LogP contribution in [0.4, 0.5) is 19.1 Å². The summed E-state index contributed by atoms with van der Waals surface area (Å²) in [7, 11) is -0.248. The zero-order valence-electron chi connectivity index (χ0n) is 24.6. The monoisotopic (exact) mass is 636 g/mol. The summed E-state index contributed by atoms with van der Waals surface area (Å²) in [6.07, 6.45) is -3.00. The molecule has 0 saturated heterocycles. The molecule has 16 heteroatoms. The average molecular weight is 637 g/mol. The molecule has 0 amide bonds. The minimum absolute atomic E-state index is 0.0776. The van der Waals surface area contributed by atoms with Crippen LogP contribution in [-0.2, 0) is 20.4 Å². The van der Waals surface area contributed by atoms with E-state index in [-0.39, 0.29) is 40.3 Å². The molecular formula is C28H31F3N6O6S. The maximum Gasteiger partial charge on any atom is 0.421 e. The van der Waals surface area contributed by atoms with Gasteiger partial charge in [0, 0.05) is 25.1 Å². The highest BCUT2D eigenvalue weighted by Gasteiger charge is 2.51. The number of rotatable bonds is 11. The number of aryl methyl sites for hydroxylation is 1. The molecule has 3 atom stereocenters. The van der Waals surface area contributed by atoms with Gasteiger partial charge < -0.3 is 19.3 Å². The summed E-state index contributed by atoms with van der Waals surface area (Å²) in [5.74, 6) is 0.142. The van der Waals surface area contributed by atoms with Gasteiger partial charge >= 0.3 is 6.18 Å². The highest BCUT2D eigenvalue weighted by Crippen LogP contribution is 2.41. The summed E-state index contributed by atoms with van der Waals surface area (Å²) in [6.45, 7) is 3.81. The van der Waals surface area contributed by atoms with Crippen molar-refractivity contribution in [3.8, 4) is 28.6 Å². The van der Waals surface area contributed by atoms with E-state index < -0.39 is 38.7 Å². The van der Waals surface area contributed by atoms with Gasteiger partial charge in [0.1, 0.15) is 28.5 Å². The van der Waals surface area contributed by atoms with Crippen LogP contribution in [0, 0.1) is 6.92 Å². The lowest BCUT2D eigenvalue weighted by atomic mass is 9.93. The van der Waals surface area contributed by atoms with Gasteiger partial charge in [0.2, 0.25) is 16.0 Å². The number of sulfonamides is 1. The molecule has 2 aromatic heterocycles. The zero-order chi connectivity index (χ0) is 32.4. The van der Waals surface area contributed by atoms with Crippen molar-refractivity contribution in [2.24, 2.45) is 0 Å². The molecule has 2 heterocycles. The van der Waals surface area contributed by atoms with Gasteiger partial charge in [-0.2, -0.15) is 13.2 Å². The molecule has 0 saturated carbocycles. The fraction of sp³-hybridized carbons (Fsp3) is 0.357. The normalized spacial score (nSPS) is 14.9. The lowest BCUT2D eigenvalue weighted by Crippen LogP contribution is -2.39. The van der Waals surface area contributed by atoms with Crippen LogP contribution >= 0.6 is 0 Å². The van der Waals surface area contributed by atoms with E-state index in [1.165, 1.54) is 57.3 Å². The molecule has 2 aromatic carbocycles. The van der Waals surface area contributed by atoms with Gasteiger partial charge in [-0.05, 0) is 50.1 Å². The summed E-state index contributed by atoms with van der Waals surface area (Å²) in [6, 6.07) is 9.72. The Morgan fingerprint density at radius 1 is 0.977 bits per heavy atom. The van der Waals surface area contributed by atoms with E-state index in [0.717, 1.165) is 17.7 Å². The van der Waals surface area contributed by atoms with Crippen molar-refractivity contribution in [1.82, 2.24) is 24.7 Å². The molecule has 12 nitrogen and oxygen atoms in total. The van der Waals surface area contributed by atoms with Gasteiger partial charge in [-0.25, -0.2) is 18.4 Å². The maximum absolute atomic E-state index is 13.7. The van der Waals surface area contributed by atoms with Crippen LogP contribution in [0.3, 0.4) is 0 Å². The number of nitrogens with one attached hydrogen (secondary N) is 1. The molecule has 236 valence electrons. The number of aliphatic hydroxyl groups is 1. The predicted molar refractivity (Wildman–Crippen MR) is 154 cm³/mol. The molecule has 2 N–H and O–H groups in total. The zero-order valence-corrected chi connectivity index (χ0v) is 25.4. The highest BCUT2D eigenvalue weighted by atomic mass is 32.2. The van der Waals surface area contributed by atoms with E-state index in [0.29, 0.717) is 6.92 Å². The van der Waals surface area contributed by atoms with E-state index in [1.54, 1.807) is 25.1 Å². The number of aromatic nitrogens is 5. The molecular weight excluding hydrogens is 605 g/mol. The number of methoxy groups -OCH3 is 3. The van der Waals surface area contributed by atoms with Crippen molar-refractivity contribution in [3.63, 3.8) is 0 Å². The molecule has 0 bridgehead atoms. The van der Waals surface area contributed by atoms with Crippen LogP contribution in [0.15, 0.2) is 54.9 Å². The molecule has 44 heavy (non-hydrogen) atoms. The molecule has 0 radical (unpaired) electrons. The molecule has 0 fully saturated rings. The third-order valence-electron chi connectivity index (χ3n) is 6.98. The summed E-state index contributed by atoms with van der Waals surface area (Å²) in [4.78, 5) is 8.39. The van der Waals surface area contributed by atoms with Gasteiger partial charge in [0.25, 0.3) is 0 Å². The van der Waals surface area contributed by atoms with Crippen molar-refractivity contribution in [1.29, 1.82) is 0 Å². The van der Waals surface area contributed by atoms with Gasteiger partial charge in [0.15, 0.2) is 17.2 Å². The maximum atomic E-state index is 13.7. The minimum atomic E-state index is -4.98. The van der Waals surface area contributed by atoms with Gasteiger partial charge in [0.05, 0.1) is 14.2 Å². The van der Waals surface area contributed by atoms with Crippen LogP contribution < -0.4 is 14.2 Å². The second-order valence-electron chi connectivity index (χ2n) is 9.97. The Bertz CT molecular complexity index is 1710. The van der Waals surface area contributed by atoms with Crippen molar-refractivity contribution in [2.75, 3.05) is 26.1 Å². The number of halogens is 3. The van der Waals surface area contributed by atoms with E-state index in [9.17, 15) is 26.7 Å². The Labute approximate surface area is 251 Å². The van der Waals surface area contributed by atoms with Crippen molar-refractivity contribution in [3.05, 3.63) is 71.8 Å². The molecule has 0 aliphatic carbocycles. The first-order chi connectivity index (χ1) is 20.7. The molecule has 4 rings (SSSR count). The molecule has 0 aliphatic heterocycles. The Balaban J connectivity index is 1.89. The lowest BCUT2D eigenvalue weighted by molar-refractivity contribution is -0.258. The standard InChI is InChI=1S/C28H31F3N6O6S/c1-16-14-32-24(33-15-16)23(43-6)17(2)44(39,40)36-26-35-34-25(37(26)22-20(41-4)11-8-12-21(22)42-5)18-9-7-10-19(13-18)27(3,38)28(29,30)31/h7-15,17,23,38H,1-6H3,(H,35,36)/t17-,23-,27?/m0/s1. The van der Waals surface area contributed by atoms with Crippen LogP contribution in [0.25, 0.3) is 17.1 Å². The summed E-state index contributed by atoms with van der Waals surface area (Å²) < 4.78 is 88.7. The van der Waals surface area contributed by atoms with Crippen LogP contribution in [0.2, 0.25) is 0 Å². The molecule has 1 unspecified atom stereocenters. The highest BCUT2D eigenvalue weighted by molar-refractivity contribution is 7.93. The average Bonchev–Trinajstić information content (AvgIpc) is 3.39. The van der Waals surface area contributed by atoms with Crippen molar-refractivity contribution in [2.45, 2.75) is 43.9 Å². The third kappa shape index (κ3) is 6.18. The third-order valence-corrected chi connectivity index (χ3v) is 8.68. The fourth-order valence-electron chi connectivity index (χ4n) is 4.37. The van der Waals surface area contributed by atoms with Crippen LogP contribution in [0.5, 0.6) is 11.5 Å². The Morgan fingerprint density at radius 2 is 1.57 bits per heavy atom. The first-order valence-electron chi connectivity index (χ1n) is 13.1.